The summed E-state index contributed by atoms with van der Waals surface area (Å²) in [5.74, 6) is 0. The van der Waals surface area contributed by atoms with Crippen molar-refractivity contribution in [3.05, 3.63) is 22.8 Å². The molecule has 2 rings (SSSR count). The van der Waals surface area contributed by atoms with E-state index >= 15 is 0 Å². The van der Waals surface area contributed by atoms with E-state index in [0.29, 0.717) is 5.00 Å². The Kier molecular flexibility index (Phi) is 3.59. The minimum absolute atomic E-state index is 0.463. The Hall–Kier alpha value is -1.14. The number of aromatic nitrogens is 1. The van der Waals surface area contributed by atoms with Gasteiger partial charge in [0, 0.05) is 11.6 Å². The molecule has 0 aromatic carbocycles. The van der Waals surface area contributed by atoms with Crippen LogP contribution in [0, 0.1) is 0 Å². The van der Waals surface area contributed by atoms with Gasteiger partial charge < -0.3 is 4.74 Å². The van der Waals surface area contributed by atoms with Crippen molar-refractivity contribution in [2.45, 2.75) is 26.4 Å². The summed E-state index contributed by atoms with van der Waals surface area (Å²) in [7, 11) is 0. The maximum absolute atomic E-state index is 11.7. The first-order valence-corrected chi connectivity index (χ1v) is 7.01. The largest absolute Gasteiger partial charge is 0.444 e. The smallest absolute Gasteiger partial charge is 0.412 e. The lowest BCUT2D eigenvalue weighted by Gasteiger charge is -2.19. The quantitative estimate of drug-likeness (QED) is 0.843. The van der Waals surface area contributed by atoms with Gasteiger partial charge in [0.05, 0.1) is 4.47 Å². The molecule has 0 atom stereocenters. The third-order valence-electron chi connectivity index (χ3n) is 2.02. The van der Waals surface area contributed by atoms with E-state index < -0.39 is 11.7 Å². The molecule has 0 unspecified atom stereocenters. The molecule has 1 N–H and O–H groups in total. The number of nitrogens with one attached hydrogen (secondary N) is 1. The van der Waals surface area contributed by atoms with E-state index in [4.69, 9.17) is 4.74 Å². The first kappa shape index (κ1) is 13.3. The topological polar surface area (TPSA) is 51.2 Å². The summed E-state index contributed by atoms with van der Waals surface area (Å²) in [5, 5.41) is 4.41. The van der Waals surface area contributed by atoms with Gasteiger partial charge in [-0.15, -0.1) is 0 Å². The molecule has 2 aromatic rings. The third-order valence-corrected chi connectivity index (χ3v) is 4.14. The second-order valence-corrected chi connectivity index (χ2v) is 6.52. The fraction of sp³-hybridized carbons (Fsp3) is 0.333. The van der Waals surface area contributed by atoms with Crippen LogP contribution >= 0.6 is 27.3 Å². The van der Waals surface area contributed by atoms with Gasteiger partial charge in [-0.05, 0) is 48.8 Å². The van der Waals surface area contributed by atoms with Crippen LogP contribution in [0.2, 0.25) is 0 Å². The van der Waals surface area contributed by atoms with Crippen LogP contribution in [0.1, 0.15) is 20.8 Å². The van der Waals surface area contributed by atoms with Crippen LogP contribution in [0.25, 0.3) is 10.2 Å². The lowest BCUT2D eigenvalue weighted by molar-refractivity contribution is 0.0636. The molecular formula is C12H13BrN2O2S. The summed E-state index contributed by atoms with van der Waals surface area (Å²) >= 11 is 4.87. The molecular weight excluding hydrogens is 316 g/mol. The second-order valence-electron chi connectivity index (χ2n) is 4.73. The number of carbonyl (C=O) groups excluding carboxylic acids is 1. The fourth-order valence-corrected chi connectivity index (χ4v) is 3.09. The predicted molar refractivity (Wildman–Crippen MR) is 77.2 cm³/mol. The minimum atomic E-state index is -0.508. The van der Waals surface area contributed by atoms with E-state index in [0.717, 1.165) is 14.7 Å². The molecule has 0 aliphatic heterocycles. The number of hydrogen-bond acceptors (Lipinski definition) is 4. The van der Waals surface area contributed by atoms with Crippen molar-refractivity contribution in [2.24, 2.45) is 0 Å². The Morgan fingerprint density at radius 1 is 1.50 bits per heavy atom. The van der Waals surface area contributed by atoms with Crippen molar-refractivity contribution >= 4 is 48.6 Å². The Bertz CT molecular complexity index is 589. The van der Waals surface area contributed by atoms with Crippen LogP contribution < -0.4 is 5.32 Å². The van der Waals surface area contributed by atoms with Gasteiger partial charge in [-0.1, -0.05) is 11.3 Å². The van der Waals surface area contributed by atoms with Gasteiger partial charge in [-0.2, -0.15) is 0 Å². The van der Waals surface area contributed by atoms with Gasteiger partial charge >= 0.3 is 6.09 Å². The Labute approximate surface area is 117 Å². The zero-order chi connectivity index (χ0) is 13.3. The Morgan fingerprint density at radius 3 is 2.83 bits per heavy atom. The van der Waals surface area contributed by atoms with Crippen molar-refractivity contribution in [3.63, 3.8) is 0 Å². The number of carbonyl (C=O) groups is 1. The summed E-state index contributed by atoms with van der Waals surface area (Å²) in [6.07, 6.45) is 1.26. The fourth-order valence-electron chi connectivity index (χ4n) is 1.38. The number of ether oxygens (including phenoxy) is 1. The highest BCUT2D eigenvalue weighted by Gasteiger charge is 2.19. The molecule has 18 heavy (non-hydrogen) atoms. The maximum atomic E-state index is 11.7. The number of amides is 1. The molecule has 2 heterocycles. The number of fused-ring (bicyclic) bond motifs is 1. The van der Waals surface area contributed by atoms with Crippen molar-refractivity contribution in [1.29, 1.82) is 0 Å². The molecule has 0 saturated heterocycles. The van der Waals surface area contributed by atoms with Crippen molar-refractivity contribution in [1.82, 2.24) is 4.98 Å². The number of halogens is 1. The van der Waals surface area contributed by atoms with E-state index in [2.05, 4.69) is 26.2 Å². The minimum Gasteiger partial charge on any atom is -0.444 e. The highest BCUT2D eigenvalue weighted by Crippen LogP contribution is 2.38. The van der Waals surface area contributed by atoms with Gasteiger partial charge in [0.1, 0.15) is 15.4 Å². The molecule has 6 heteroatoms. The number of hydrogen-bond donors (Lipinski definition) is 1. The highest BCUT2D eigenvalue weighted by molar-refractivity contribution is 9.10. The standard InChI is InChI=1S/C12H13BrN2O2S/c1-12(2,3)17-11(16)15-10-8(13)7-5-4-6-14-9(7)18-10/h4-6H,1-3H3,(H,15,16). The number of thiophene rings is 1. The van der Waals surface area contributed by atoms with Crippen molar-refractivity contribution in [3.8, 4) is 0 Å². The maximum Gasteiger partial charge on any atom is 0.412 e. The van der Waals surface area contributed by atoms with Gasteiger partial charge in [0.2, 0.25) is 0 Å². The number of anilines is 1. The van der Waals surface area contributed by atoms with Gasteiger partial charge in [-0.3, -0.25) is 5.32 Å². The molecule has 0 saturated carbocycles. The summed E-state index contributed by atoms with van der Waals surface area (Å²) in [6, 6.07) is 3.81. The van der Waals surface area contributed by atoms with E-state index in [1.807, 2.05) is 32.9 Å². The summed E-state index contributed by atoms with van der Waals surface area (Å²) < 4.78 is 6.04. The van der Waals surface area contributed by atoms with Gasteiger partial charge in [0.15, 0.2) is 0 Å². The van der Waals surface area contributed by atoms with Crippen LogP contribution in [-0.4, -0.2) is 16.7 Å². The van der Waals surface area contributed by atoms with Gasteiger partial charge in [0.25, 0.3) is 0 Å². The lowest BCUT2D eigenvalue weighted by atomic mass is 10.2. The first-order valence-electron chi connectivity index (χ1n) is 5.40. The lowest BCUT2D eigenvalue weighted by Crippen LogP contribution is -2.27. The number of nitrogens with zero attached hydrogens (tertiary/aromatic N) is 1. The average molecular weight is 329 g/mol. The van der Waals surface area contributed by atoms with Gasteiger partial charge in [-0.25, -0.2) is 9.78 Å². The van der Waals surface area contributed by atoms with Crippen molar-refractivity contribution in [2.75, 3.05) is 5.32 Å². The number of rotatable bonds is 1. The normalized spacial score (nSPS) is 11.6. The van der Waals surface area contributed by atoms with E-state index in [1.54, 1.807) is 6.20 Å². The van der Waals surface area contributed by atoms with Crippen LogP contribution in [0.5, 0.6) is 0 Å². The Morgan fingerprint density at radius 2 is 2.22 bits per heavy atom. The summed E-state index contributed by atoms with van der Waals surface area (Å²) in [5.41, 5.74) is -0.508. The highest BCUT2D eigenvalue weighted by atomic mass is 79.9. The second kappa shape index (κ2) is 4.85. The first-order chi connectivity index (χ1) is 8.37. The number of pyridine rings is 1. The van der Waals surface area contributed by atoms with Crippen LogP contribution in [0.3, 0.4) is 0 Å². The molecule has 0 spiro atoms. The van der Waals surface area contributed by atoms with Crippen LogP contribution in [0.4, 0.5) is 9.80 Å². The zero-order valence-corrected chi connectivity index (χ0v) is 12.7. The zero-order valence-electron chi connectivity index (χ0n) is 10.3. The van der Waals surface area contributed by atoms with Crippen LogP contribution in [-0.2, 0) is 4.74 Å². The third kappa shape index (κ3) is 3.00. The van der Waals surface area contributed by atoms with E-state index in [1.165, 1.54) is 11.3 Å². The van der Waals surface area contributed by atoms with E-state index in [-0.39, 0.29) is 0 Å². The molecule has 4 nitrogen and oxygen atoms in total. The summed E-state index contributed by atoms with van der Waals surface area (Å²) in [4.78, 5) is 16.8. The molecule has 0 bridgehead atoms. The van der Waals surface area contributed by atoms with E-state index in [9.17, 15) is 4.79 Å². The molecule has 0 radical (unpaired) electrons. The Balaban J connectivity index is 2.22. The molecule has 0 aliphatic rings. The van der Waals surface area contributed by atoms with Crippen LogP contribution in [0.15, 0.2) is 22.8 Å². The monoisotopic (exact) mass is 328 g/mol. The average Bonchev–Trinajstić information content (AvgIpc) is 2.54. The molecule has 96 valence electrons. The van der Waals surface area contributed by atoms with Crippen molar-refractivity contribution < 1.29 is 9.53 Å². The molecule has 0 fully saturated rings. The molecule has 0 aliphatic carbocycles. The predicted octanol–water partition coefficient (Wildman–Crippen LogP) is 4.41. The molecule has 2 aromatic heterocycles. The molecule has 1 amide bonds. The SMILES string of the molecule is CC(C)(C)OC(=O)Nc1sc2ncccc2c1Br. The summed E-state index contributed by atoms with van der Waals surface area (Å²) in [6.45, 7) is 5.48.